The molecule has 27 heavy (non-hydrogen) atoms. The van der Waals surface area contributed by atoms with E-state index in [1.54, 1.807) is 0 Å². The quantitative estimate of drug-likeness (QED) is 0.790. The molecule has 148 valence electrons. The molecule has 1 atom stereocenters. The van der Waals surface area contributed by atoms with Crippen LogP contribution in [-0.2, 0) is 25.3 Å². The number of halogens is 3. The summed E-state index contributed by atoms with van der Waals surface area (Å²) in [6, 6.07) is 3.92. The second-order valence-corrected chi connectivity index (χ2v) is 6.32. The molecule has 0 saturated carbocycles. The van der Waals surface area contributed by atoms with Gasteiger partial charge in [0, 0.05) is 18.7 Å². The lowest BCUT2D eigenvalue weighted by Crippen LogP contribution is -2.38. The Kier molecular flexibility index (Phi) is 6.81. The number of likely N-dealkylation sites (tertiary alicyclic amines) is 1. The fraction of sp³-hybridized carbons (Fsp3) is 0.500. The lowest BCUT2D eigenvalue weighted by Gasteiger charge is -2.20. The van der Waals surface area contributed by atoms with Gasteiger partial charge in [-0.2, -0.15) is 13.2 Å². The Morgan fingerprint density at radius 3 is 2.48 bits per heavy atom. The van der Waals surface area contributed by atoms with Gasteiger partial charge in [-0.1, -0.05) is 6.42 Å². The van der Waals surface area contributed by atoms with Crippen molar-refractivity contribution < 1.29 is 32.3 Å². The number of benzene rings is 1. The maximum Gasteiger partial charge on any atom is 0.416 e. The summed E-state index contributed by atoms with van der Waals surface area (Å²) in [5.41, 5.74) is -0.680. The Labute approximate surface area is 154 Å². The fourth-order valence-corrected chi connectivity index (χ4v) is 2.64. The molecular weight excluding hydrogens is 365 g/mol. The highest BCUT2D eigenvalue weighted by molar-refractivity contribution is 5.95. The largest absolute Gasteiger partial charge is 0.451 e. The van der Waals surface area contributed by atoms with E-state index in [-0.39, 0.29) is 18.1 Å². The highest BCUT2D eigenvalue weighted by Gasteiger charge is 2.30. The van der Waals surface area contributed by atoms with E-state index in [0.29, 0.717) is 13.0 Å². The average Bonchev–Trinajstić information content (AvgIpc) is 2.79. The number of carbonyl (C=O) groups is 3. The van der Waals surface area contributed by atoms with E-state index in [2.05, 4.69) is 5.32 Å². The maximum absolute atomic E-state index is 12.5. The van der Waals surface area contributed by atoms with Gasteiger partial charge in [-0.25, -0.2) is 0 Å². The Bertz CT molecular complexity index is 689. The summed E-state index contributed by atoms with van der Waals surface area (Å²) < 4.78 is 42.6. The molecule has 1 aromatic rings. The van der Waals surface area contributed by atoms with Crippen LogP contribution in [0.5, 0.6) is 0 Å². The molecule has 0 radical (unpaired) electrons. The summed E-state index contributed by atoms with van der Waals surface area (Å²) in [5.74, 6) is -1.50. The Hall–Kier alpha value is -2.58. The van der Waals surface area contributed by atoms with Gasteiger partial charge >= 0.3 is 12.1 Å². The highest BCUT2D eigenvalue weighted by Crippen LogP contribution is 2.29. The second-order valence-electron chi connectivity index (χ2n) is 6.32. The number of rotatable bonds is 5. The zero-order chi connectivity index (χ0) is 20.0. The molecule has 0 aliphatic carbocycles. The first kappa shape index (κ1) is 20.7. The Balaban J connectivity index is 1.85. The summed E-state index contributed by atoms with van der Waals surface area (Å²) >= 11 is 0. The third-order valence-electron chi connectivity index (χ3n) is 4.15. The molecular formula is C18H21F3N2O4. The van der Waals surface area contributed by atoms with Crippen LogP contribution in [0.1, 0.15) is 38.2 Å². The fourth-order valence-electron chi connectivity index (χ4n) is 2.64. The predicted octanol–water partition coefficient (Wildman–Crippen LogP) is 2.98. The van der Waals surface area contributed by atoms with Crippen molar-refractivity contribution in [3.63, 3.8) is 0 Å². The van der Waals surface area contributed by atoms with Crippen LogP contribution >= 0.6 is 0 Å². The highest BCUT2D eigenvalue weighted by atomic mass is 19.4. The van der Waals surface area contributed by atoms with E-state index in [1.807, 2.05) is 0 Å². The van der Waals surface area contributed by atoms with Gasteiger partial charge in [0.25, 0.3) is 5.91 Å². The molecule has 6 nitrogen and oxygen atoms in total. The molecule has 9 heteroatoms. The zero-order valence-electron chi connectivity index (χ0n) is 14.8. The van der Waals surface area contributed by atoms with E-state index in [1.165, 1.54) is 11.8 Å². The third-order valence-corrected chi connectivity index (χ3v) is 4.15. The zero-order valence-corrected chi connectivity index (χ0v) is 14.8. The number of hydrogen-bond donors (Lipinski definition) is 1. The molecule has 2 rings (SSSR count). The molecule has 1 saturated heterocycles. The molecule has 1 aliphatic rings. The van der Waals surface area contributed by atoms with E-state index in [0.717, 1.165) is 43.5 Å². The molecule has 2 amide bonds. The van der Waals surface area contributed by atoms with Gasteiger partial charge in [-0.3, -0.25) is 14.4 Å². The van der Waals surface area contributed by atoms with Gasteiger partial charge in [0.05, 0.1) is 5.56 Å². The molecule has 1 aromatic carbocycles. The molecule has 0 unspecified atom stereocenters. The van der Waals surface area contributed by atoms with Crippen molar-refractivity contribution in [3.05, 3.63) is 29.8 Å². The second kappa shape index (κ2) is 8.88. The SMILES string of the molecule is C[C@@H](OC(=O)CN1CCCCCC1=O)C(=O)Nc1ccc(C(F)(F)F)cc1. The minimum atomic E-state index is -4.46. The van der Waals surface area contributed by atoms with E-state index >= 15 is 0 Å². The van der Waals surface area contributed by atoms with Crippen molar-refractivity contribution >= 4 is 23.5 Å². The summed E-state index contributed by atoms with van der Waals surface area (Å²) in [6.07, 6.45) is -2.71. The van der Waals surface area contributed by atoms with Gasteiger partial charge < -0.3 is 15.0 Å². The van der Waals surface area contributed by atoms with Gasteiger partial charge in [0.2, 0.25) is 5.91 Å². The summed E-state index contributed by atoms with van der Waals surface area (Å²) in [5, 5.41) is 2.38. The number of hydrogen-bond acceptors (Lipinski definition) is 4. The molecule has 1 N–H and O–H groups in total. The van der Waals surface area contributed by atoms with Crippen molar-refractivity contribution in [2.75, 3.05) is 18.4 Å². The van der Waals surface area contributed by atoms with Crippen LogP contribution in [-0.4, -0.2) is 41.9 Å². The topological polar surface area (TPSA) is 75.7 Å². The lowest BCUT2D eigenvalue weighted by atomic mass is 10.2. The number of nitrogens with one attached hydrogen (secondary N) is 1. The number of nitrogens with zero attached hydrogens (tertiary/aromatic N) is 1. The number of amides is 2. The first-order chi connectivity index (χ1) is 12.7. The lowest BCUT2D eigenvalue weighted by molar-refractivity contribution is -0.156. The number of esters is 1. The van der Waals surface area contributed by atoms with Gasteiger partial charge in [-0.05, 0) is 44.0 Å². The van der Waals surface area contributed by atoms with Gasteiger partial charge in [0.15, 0.2) is 6.10 Å². The van der Waals surface area contributed by atoms with Crippen LogP contribution in [0, 0.1) is 0 Å². The predicted molar refractivity (Wildman–Crippen MR) is 90.7 cm³/mol. The van der Waals surface area contributed by atoms with Crippen LogP contribution in [0.3, 0.4) is 0 Å². The Morgan fingerprint density at radius 1 is 1.19 bits per heavy atom. The molecule has 0 spiro atoms. The van der Waals surface area contributed by atoms with Crippen molar-refractivity contribution in [2.45, 2.75) is 44.9 Å². The molecule has 1 fully saturated rings. The average molecular weight is 386 g/mol. The van der Waals surface area contributed by atoms with Crippen LogP contribution in [0.2, 0.25) is 0 Å². The van der Waals surface area contributed by atoms with Gasteiger partial charge in [0.1, 0.15) is 6.54 Å². The Morgan fingerprint density at radius 2 is 1.85 bits per heavy atom. The van der Waals surface area contributed by atoms with E-state index in [4.69, 9.17) is 4.74 Å². The number of anilines is 1. The summed E-state index contributed by atoms with van der Waals surface area (Å²) in [6.45, 7) is 1.60. The van der Waals surface area contributed by atoms with Gasteiger partial charge in [-0.15, -0.1) is 0 Å². The first-order valence-corrected chi connectivity index (χ1v) is 8.62. The van der Waals surface area contributed by atoms with E-state index < -0.39 is 29.7 Å². The number of alkyl halides is 3. The van der Waals surface area contributed by atoms with Crippen molar-refractivity contribution in [1.29, 1.82) is 0 Å². The van der Waals surface area contributed by atoms with Crippen LogP contribution in [0.15, 0.2) is 24.3 Å². The smallest absolute Gasteiger partial charge is 0.416 e. The maximum atomic E-state index is 12.5. The molecule has 0 bridgehead atoms. The first-order valence-electron chi connectivity index (χ1n) is 8.62. The van der Waals surface area contributed by atoms with Crippen LogP contribution in [0.25, 0.3) is 0 Å². The minimum Gasteiger partial charge on any atom is -0.451 e. The van der Waals surface area contributed by atoms with Crippen LogP contribution < -0.4 is 5.32 Å². The van der Waals surface area contributed by atoms with Crippen LogP contribution in [0.4, 0.5) is 18.9 Å². The monoisotopic (exact) mass is 386 g/mol. The van der Waals surface area contributed by atoms with Crippen molar-refractivity contribution in [2.24, 2.45) is 0 Å². The minimum absolute atomic E-state index is 0.119. The third kappa shape index (κ3) is 6.26. The standard InChI is InChI=1S/C18H21F3N2O4/c1-12(27-16(25)11-23-10-4-2-3-5-15(23)24)17(26)22-14-8-6-13(7-9-14)18(19,20)21/h6-9,12H,2-5,10-11H2,1H3,(H,22,26)/t12-/m1/s1. The summed E-state index contributed by atoms with van der Waals surface area (Å²) in [7, 11) is 0. The molecule has 0 aromatic heterocycles. The van der Waals surface area contributed by atoms with E-state index in [9.17, 15) is 27.6 Å². The van der Waals surface area contributed by atoms with Crippen molar-refractivity contribution in [1.82, 2.24) is 4.90 Å². The summed E-state index contributed by atoms with van der Waals surface area (Å²) in [4.78, 5) is 37.3. The number of carbonyl (C=O) groups excluding carboxylic acids is 3. The van der Waals surface area contributed by atoms with Crippen molar-refractivity contribution in [3.8, 4) is 0 Å². The normalized spacial score (nSPS) is 16.4. The molecule has 1 aliphatic heterocycles. The molecule has 1 heterocycles. The number of ether oxygens (including phenoxy) is 1.